The molecule has 0 aromatic heterocycles. The molecule has 1 aliphatic rings. The first kappa shape index (κ1) is 19.5. The number of rotatable bonds is 5. The zero-order chi connectivity index (χ0) is 18.6. The van der Waals surface area contributed by atoms with Gasteiger partial charge in [0.1, 0.15) is 6.04 Å². The van der Waals surface area contributed by atoms with Gasteiger partial charge >= 0.3 is 0 Å². The average Bonchev–Trinajstić information content (AvgIpc) is 2.91. The molecular formula is C17H21ClN2O4S. The monoisotopic (exact) mass is 384 g/mol. The van der Waals surface area contributed by atoms with E-state index in [1.165, 1.54) is 11.0 Å². The Kier molecular flexibility index (Phi) is 6.24. The third-order valence-corrected chi connectivity index (χ3v) is 6.09. The molecule has 8 heteroatoms. The van der Waals surface area contributed by atoms with E-state index in [4.69, 9.17) is 11.6 Å². The summed E-state index contributed by atoms with van der Waals surface area (Å²) >= 11 is 5.88. The van der Waals surface area contributed by atoms with Crippen LogP contribution in [0.3, 0.4) is 0 Å². The molecule has 1 N–H and O–H groups in total. The third kappa shape index (κ3) is 5.57. The van der Waals surface area contributed by atoms with E-state index in [0.29, 0.717) is 11.4 Å². The molecule has 0 bridgehead atoms. The molecule has 0 spiro atoms. The molecule has 2 amide bonds. The van der Waals surface area contributed by atoms with Crippen molar-refractivity contribution >= 4 is 39.3 Å². The Balaban J connectivity index is 1.90. The predicted molar refractivity (Wildman–Crippen MR) is 97.9 cm³/mol. The van der Waals surface area contributed by atoms with Gasteiger partial charge in [0.2, 0.25) is 11.8 Å². The van der Waals surface area contributed by atoms with Crippen molar-refractivity contribution in [3.8, 4) is 0 Å². The van der Waals surface area contributed by atoms with Gasteiger partial charge in [0.25, 0.3) is 0 Å². The highest BCUT2D eigenvalue weighted by Gasteiger charge is 2.34. The van der Waals surface area contributed by atoms with Crippen LogP contribution in [0.5, 0.6) is 0 Å². The van der Waals surface area contributed by atoms with E-state index in [-0.39, 0.29) is 23.5 Å². The molecule has 136 valence electrons. The molecule has 25 heavy (non-hydrogen) atoms. The third-order valence-electron chi connectivity index (χ3n) is 4.11. The molecule has 2 unspecified atom stereocenters. The number of sulfone groups is 1. The van der Waals surface area contributed by atoms with E-state index >= 15 is 0 Å². The topological polar surface area (TPSA) is 83.6 Å². The number of nitrogens with zero attached hydrogens (tertiary/aromatic N) is 1. The normalized spacial score (nSPS) is 20.4. The summed E-state index contributed by atoms with van der Waals surface area (Å²) in [6.45, 7) is 1.58. The number of likely N-dealkylation sites (N-methyl/N-ethyl adjacent to an activating group) is 1. The van der Waals surface area contributed by atoms with E-state index in [9.17, 15) is 18.0 Å². The van der Waals surface area contributed by atoms with E-state index in [0.717, 1.165) is 5.56 Å². The fraction of sp³-hybridized carbons (Fsp3) is 0.412. The van der Waals surface area contributed by atoms with Crippen LogP contribution in [-0.4, -0.2) is 55.8 Å². The maximum Gasteiger partial charge on any atom is 0.244 e. The summed E-state index contributed by atoms with van der Waals surface area (Å²) < 4.78 is 23.1. The standard InChI is InChI=1S/C17H21ClN2O4S/c1-12(17(22)20(2)15-8-9-25(23,24)11-15)19-16(21)7-6-13-4-3-5-14(18)10-13/h3-7,10,12,15H,8-9,11H2,1-2H3,(H,19,21)/b7-6+. The van der Waals surface area contributed by atoms with Gasteiger partial charge in [-0.15, -0.1) is 0 Å². The summed E-state index contributed by atoms with van der Waals surface area (Å²) in [7, 11) is -1.50. The Labute approximate surface area is 152 Å². The maximum absolute atomic E-state index is 12.4. The number of carbonyl (C=O) groups excluding carboxylic acids is 2. The molecule has 2 atom stereocenters. The van der Waals surface area contributed by atoms with Crippen molar-refractivity contribution in [1.82, 2.24) is 10.2 Å². The number of nitrogens with one attached hydrogen (secondary N) is 1. The van der Waals surface area contributed by atoms with Gasteiger partial charge in [-0.25, -0.2) is 8.42 Å². The second-order valence-electron chi connectivity index (χ2n) is 6.12. The van der Waals surface area contributed by atoms with Crippen LogP contribution in [0.1, 0.15) is 18.9 Å². The van der Waals surface area contributed by atoms with Gasteiger partial charge in [-0.3, -0.25) is 9.59 Å². The molecule has 0 aliphatic carbocycles. The number of halogens is 1. The number of benzene rings is 1. The highest BCUT2D eigenvalue weighted by molar-refractivity contribution is 7.91. The smallest absolute Gasteiger partial charge is 0.244 e. The van der Waals surface area contributed by atoms with Crippen LogP contribution in [-0.2, 0) is 19.4 Å². The number of hydrogen-bond acceptors (Lipinski definition) is 4. The highest BCUT2D eigenvalue weighted by Crippen LogP contribution is 2.17. The molecule has 1 aromatic rings. The Morgan fingerprint density at radius 2 is 2.12 bits per heavy atom. The lowest BCUT2D eigenvalue weighted by Crippen LogP contribution is -2.49. The van der Waals surface area contributed by atoms with Gasteiger partial charge in [0.05, 0.1) is 11.5 Å². The van der Waals surface area contributed by atoms with Crippen molar-refractivity contribution < 1.29 is 18.0 Å². The van der Waals surface area contributed by atoms with Gasteiger partial charge in [-0.05, 0) is 37.1 Å². The Bertz CT molecular complexity index is 792. The number of carbonyl (C=O) groups is 2. The van der Waals surface area contributed by atoms with Crippen LogP contribution in [0.2, 0.25) is 5.02 Å². The first-order valence-corrected chi connectivity index (χ1v) is 10.1. The second kappa shape index (κ2) is 8.01. The minimum absolute atomic E-state index is 0.0232. The molecule has 1 fully saturated rings. The van der Waals surface area contributed by atoms with E-state index in [2.05, 4.69) is 5.32 Å². The molecule has 2 rings (SSSR count). The van der Waals surface area contributed by atoms with Crippen molar-refractivity contribution in [1.29, 1.82) is 0 Å². The van der Waals surface area contributed by atoms with Crippen molar-refractivity contribution in [3.05, 3.63) is 40.9 Å². The van der Waals surface area contributed by atoms with Gasteiger partial charge < -0.3 is 10.2 Å². The number of amides is 2. The zero-order valence-electron chi connectivity index (χ0n) is 14.1. The van der Waals surface area contributed by atoms with Crippen LogP contribution in [0.25, 0.3) is 6.08 Å². The molecule has 6 nitrogen and oxygen atoms in total. The second-order valence-corrected chi connectivity index (χ2v) is 8.79. The fourth-order valence-electron chi connectivity index (χ4n) is 2.67. The summed E-state index contributed by atoms with van der Waals surface area (Å²) in [5.74, 6) is -0.650. The van der Waals surface area contributed by atoms with E-state index in [1.54, 1.807) is 44.3 Å². The lowest BCUT2D eigenvalue weighted by molar-refractivity contribution is -0.135. The Morgan fingerprint density at radius 1 is 1.40 bits per heavy atom. The first-order valence-electron chi connectivity index (χ1n) is 7.89. The van der Waals surface area contributed by atoms with Gasteiger partial charge in [0.15, 0.2) is 9.84 Å². The lowest BCUT2D eigenvalue weighted by Gasteiger charge is -2.26. The minimum atomic E-state index is -3.07. The van der Waals surface area contributed by atoms with Crippen LogP contribution in [0.15, 0.2) is 30.3 Å². The molecule has 0 radical (unpaired) electrons. The first-order chi connectivity index (χ1) is 11.7. The Hall–Kier alpha value is -1.86. The van der Waals surface area contributed by atoms with Crippen LogP contribution in [0.4, 0.5) is 0 Å². The SMILES string of the molecule is CC(NC(=O)/C=C/c1cccc(Cl)c1)C(=O)N(C)C1CCS(=O)(=O)C1. The van der Waals surface area contributed by atoms with Crippen molar-refractivity contribution in [2.24, 2.45) is 0 Å². The molecule has 0 saturated carbocycles. The van der Waals surface area contributed by atoms with E-state index < -0.39 is 21.8 Å². The average molecular weight is 385 g/mol. The quantitative estimate of drug-likeness (QED) is 0.780. The van der Waals surface area contributed by atoms with Crippen molar-refractivity contribution in [2.45, 2.75) is 25.4 Å². The van der Waals surface area contributed by atoms with Gasteiger partial charge in [-0.2, -0.15) is 0 Å². The molecule has 1 aromatic carbocycles. The summed E-state index contributed by atoms with van der Waals surface area (Å²) in [6.07, 6.45) is 3.36. The van der Waals surface area contributed by atoms with E-state index in [1.807, 2.05) is 0 Å². The predicted octanol–water partition coefficient (Wildman–Crippen LogP) is 1.50. The summed E-state index contributed by atoms with van der Waals surface area (Å²) in [6, 6.07) is 5.95. The van der Waals surface area contributed by atoms with Gasteiger partial charge in [-0.1, -0.05) is 23.7 Å². The van der Waals surface area contributed by atoms with Crippen LogP contribution < -0.4 is 5.32 Å². The van der Waals surface area contributed by atoms with Gasteiger partial charge in [0, 0.05) is 24.2 Å². The summed E-state index contributed by atoms with van der Waals surface area (Å²) in [4.78, 5) is 25.7. The summed E-state index contributed by atoms with van der Waals surface area (Å²) in [5.41, 5.74) is 0.773. The largest absolute Gasteiger partial charge is 0.341 e. The molecule has 1 aliphatic heterocycles. The highest BCUT2D eigenvalue weighted by atomic mass is 35.5. The molecular weight excluding hydrogens is 364 g/mol. The molecule has 1 heterocycles. The lowest BCUT2D eigenvalue weighted by atomic mass is 10.2. The fourth-order valence-corrected chi connectivity index (χ4v) is 4.64. The zero-order valence-corrected chi connectivity index (χ0v) is 15.7. The molecule has 1 saturated heterocycles. The van der Waals surface area contributed by atoms with Crippen LogP contribution in [0, 0.1) is 0 Å². The minimum Gasteiger partial charge on any atom is -0.341 e. The maximum atomic E-state index is 12.4. The number of hydrogen-bond donors (Lipinski definition) is 1. The van der Waals surface area contributed by atoms with Crippen LogP contribution >= 0.6 is 11.6 Å². The Morgan fingerprint density at radius 3 is 2.72 bits per heavy atom. The van der Waals surface area contributed by atoms with Crippen molar-refractivity contribution in [3.63, 3.8) is 0 Å². The summed E-state index contributed by atoms with van der Waals surface area (Å²) in [5, 5.41) is 3.16. The van der Waals surface area contributed by atoms with Crippen molar-refractivity contribution in [2.75, 3.05) is 18.6 Å².